The average molecular weight is 362 g/mol. The molecule has 0 aromatic heterocycles. The van der Waals surface area contributed by atoms with Crippen LogP contribution in [0.1, 0.15) is 84.1 Å². The number of esters is 1. The van der Waals surface area contributed by atoms with Crippen molar-refractivity contribution in [1.29, 1.82) is 0 Å². The normalized spacial score (nSPS) is 13.2. The Morgan fingerprint density at radius 1 is 0.962 bits per heavy atom. The van der Waals surface area contributed by atoms with E-state index in [1.807, 2.05) is 12.1 Å². The molecule has 0 amide bonds. The zero-order chi connectivity index (χ0) is 19.2. The second-order valence-corrected chi connectivity index (χ2v) is 7.11. The lowest BCUT2D eigenvalue weighted by Gasteiger charge is -2.24. The van der Waals surface area contributed by atoms with Crippen LogP contribution >= 0.6 is 0 Å². The topological polar surface area (TPSA) is 35.5 Å². The third-order valence-electron chi connectivity index (χ3n) is 4.60. The van der Waals surface area contributed by atoms with Crippen molar-refractivity contribution in [1.82, 2.24) is 0 Å². The van der Waals surface area contributed by atoms with E-state index in [4.69, 9.17) is 9.47 Å². The molecule has 0 heterocycles. The first kappa shape index (κ1) is 22.5. The summed E-state index contributed by atoms with van der Waals surface area (Å²) < 4.78 is 11.3. The third-order valence-corrected chi connectivity index (χ3v) is 4.60. The maximum atomic E-state index is 11.2. The van der Waals surface area contributed by atoms with Crippen LogP contribution in [0.4, 0.5) is 0 Å². The molecular weight excluding hydrogens is 324 g/mol. The van der Waals surface area contributed by atoms with Crippen molar-refractivity contribution in [3.63, 3.8) is 0 Å². The quantitative estimate of drug-likeness (QED) is 0.288. The highest BCUT2D eigenvalue weighted by Crippen LogP contribution is 2.20. The summed E-state index contributed by atoms with van der Waals surface area (Å²) >= 11 is 0. The van der Waals surface area contributed by atoms with Crippen LogP contribution in [0.2, 0.25) is 0 Å². The minimum Gasteiger partial charge on any atom is -0.487 e. The van der Waals surface area contributed by atoms with Gasteiger partial charge in [0, 0.05) is 6.92 Å². The smallest absolute Gasteiger partial charge is 0.303 e. The average Bonchev–Trinajstić information content (AvgIpc) is 2.62. The zero-order valence-corrected chi connectivity index (χ0v) is 17.0. The molecule has 2 atom stereocenters. The molecule has 0 N–H and O–H groups in total. The number of rotatable bonds is 14. The molecule has 1 aromatic carbocycles. The van der Waals surface area contributed by atoms with Gasteiger partial charge in [0.25, 0.3) is 0 Å². The van der Waals surface area contributed by atoms with Crippen LogP contribution < -0.4 is 4.74 Å². The lowest BCUT2D eigenvalue weighted by Crippen LogP contribution is -2.33. The summed E-state index contributed by atoms with van der Waals surface area (Å²) in [7, 11) is 0. The fourth-order valence-corrected chi connectivity index (χ4v) is 3.03. The Bertz CT molecular complexity index is 481. The Morgan fingerprint density at radius 2 is 1.58 bits per heavy atom. The number of hydrogen-bond donors (Lipinski definition) is 0. The van der Waals surface area contributed by atoms with E-state index in [1.165, 1.54) is 51.0 Å². The molecule has 0 spiro atoms. The van der Waals surface area contributed by atoms with Gasteiger partial charge in [0.2, 0.25) is 0 Å². The molecule has 26 heavy (non-hydrogen) atoms. The van der Waals surface area contributed by atoms with Crippen LogP contribution in [-0.2, 0) is 16.0 Å². The molecule has 147 valence electrons. The van der Waals surface area contributed by atoms with Gasteiger partial charge in [0.15, 0.2) is 0 Å². The molecule has 0 saturated carbocycles. The first-order chi connectivity index (χ1) is 12.6. The van der Waals surface area contributed by atoms with Crippen molar-refractivity contribution < 1.29 is 14.3 Å². The van der Waals surface area contributed by atoms with Gasteiger partial charge in [0.1, 0.15) is 18.0 Å². The van der Waals surface area contributed by atoms with Gasteiger partial charge in [-0.25, -0.2) is 0 Å². The highest BCUT2D eigenvalue weighted by molar-refractivity contribution is 5.66. The van der Waals surface area contributed by atoms with E-state index in [0.29, 0.717) is 0 Å². The van der Waals surface area contributed by atoms with Crippen molar-refractivity contribution in [2.24, 2.45) is 0 Å². The van der Waals surface area contributed by atoms with Gasteiger partial charge in [-0.15, -0.1) is 0 Å². The zero-order valence-electron chi connectivity index (χ0n) is 17.0. The highest BCUT2D eigenvalue weighted by Gasteiger charge is 2.21. The summed E-state index contributed by atoms with van der Waals surface area (Å²) in [6.45, 7) is 9.74. The Labute approximate surface area is 160 Å². The Balaban J connectivity index is 2.47. The molecule has 2 unspecified atom stereocenters. The van der Waals surface area contributed by atoms with Crippen LogP contribution in [0, 0.1) is 6.92 Å². The van der Waals surface area contributed by atoms with Crippen LogP contribution in [0.15, 0.2) is 24.3 Å². The second kappa shape index (κ2) is 13.7. The van der Waals surface area contributed by atoms with Crippen molar-refractivity contribution >= 4 is 5.97 Å². The van der Waals surface area contributed by atoms with E-state index < -0.39 is 6.10 Å². The number of carbonyl (C=O) groups is 1. The van der Waals surface area contributed by atoms with E-state index in [2.05, 4.69) is 32.9 Å². The minimum absolute atomic E-state index is 0.205. The summed E-state index contributed by atoms with van der Waals surface area (Å²) in [6.07, 6.45) is 11.3. The number of ether oxygens (including phenoxy) is 2. The van der Waals surface area contributed by atoms with Crippen LogP contribution in [0.5, 0.6) is 5.75 Å². The maximum absolute atomic E-state index is 11.2. The van der Waals surface area contributed by atoms with Crippen molar-refractivity contribution in [3.05, 3.63) is 36.8 Å². The number of benzene rings is 1. The first-order valence-electron chi connectivity index (χ1n) is 10.3. The van der Waals surface area contributed by atoms with Gasteiger partial charge in [-0.3, -0.25) is 4.79 Å². The maximum Gasteiger partial charge on any atom is 0.303 e. The molecule has 1 aromatic rings. The van der Waals surface area contributed by atoms with E-state index in [-0.39, 0.29) is 12.1 Å². The molecule has 0 aliphatic carbocycles. The summed E-state index contributed by atoms with van der Waals surface area (Å²) in [5, 5.41) is 0. The molecule has 0 bridgehead atoms. The van der Waals surface area contributed by atoms with E-state index in [0.717, 1.165) is 31.4 Å². The van der Waals surface area contributed by atoms with Gasteiger partial charge in [-0.05, 0) is 50.3 Å². The number of unbranched alkanes of at least 4 members (excludes halogenated alkanes) is 6. The van der Waals surface area contributed by atoms with E-state index in [9.17, 15) is 4.79 Å². The molecule has 1 rings (SSSR count). The van der Waals surface area contributed by atoms with Crippen molar-refractivity contribution in [2.45, 2.75) is 97.2 Å². The summed E-state index contributed by atoms with van der Waals surface area (Å²) in [4.78, 5) is 11.2. The first-order valence-corrected chi connectivity index (χ1v) is 10.3. The third kappa shape index (κ3) is 9.84. The Hall–Kier alpha value is -1.51. The standard InChI is InChI=1S/C23H37O3/c1-5-7-9-10-11-12-13-21-15-17-22(18-16-21)26-23(14-8-6-2)19(3)25-20(4)24/h15-19,23H,3,5-14H2,1-2,4H3. The number of hydrogen-bond acceptors (Lipinski definition) is 3. The molecular formula is C23H37O3. The van der Waals surface area contributed by atoms with Crippen LogP contribution in [0.3, 0.4) is 0 Å². The monoisotopic (exact) mass is 361 g/mol. The molecule has 1 radical (unpaired) electrons. The number of aryl methyl sites for hydroxylation is 1. The molecule has 0 fully saturated rings. The van der Waals surface area contributed by atoms with E-state index >= 15 is 0 Å². The van der Waals surface area contributed by atoms with E-state index in [1.54, 1.807) is 0 Å². The number of carbonyl (C=O) groups excluding carboxylic acids is 1. The van der Waals surface area contributed by atoms with Gasteiger partial charge < -0.3 is 9.47 Å². The fourth-order valence-electron chi connectivity index (χ4n) is 3.03. The predicted octanol–water partition coefficient (Wildman–Crippen LogP) is 6.29. The molecule has 3 nitrogen and oxygen atoms in total. The Kier molecular flexibility index (Phi) is 11.8. The van der Waals surface area contributed by atoms with Crippen molar-refractivity contribution in [3.8, 4) is 5.75 Å². The van der Waals surface area contributed by atoms with Gasteiger partial charge in [0.05, 0.1) is 0 Å². The predicted molar refractivity (Wildman–Crippen MR) is 108 cm³/mol. The highest BCUT2D eigenvalue weighted by atomic mass is 16.6. The van der Waals surface area contributed by atoms with Crippen LogP contribution in [-0.4, -0.2) is 18.2 Å². The van der Waals surface area contributed by atoms with Gasteiger partial charge >= 0.3 is 5.97 Å². The molecule has 0 saturated heterocycles. The van der Waals surface area contributed by atoms with Crippen LogP contribution in [0.25, 0.3) is 0 Å². The molecule has 0 aliphatic heterocycles. The minimum atomic E-state index is -0.484. The largest absolute Gasteiger partial charge is 0.487 e. The lowest BCUT2D eigenvalue weighted by atomic mass is 10.0. The summed E-state index contributed by atoms with van der Waals surface area (Å²) in [6, 6.07) is 8.32. The van der Waals surface area contributed by atoms with Gasteiger partial charge in [-0.1, -0.05) is 64.5 Å². The molecule has 0 aliphatic rings. The summed E-state index contributed by atoms with van der Waals surface area (Å²) in [5.74, 6) is 0.503. The van der Waals surface area contributed by atoms with Crippen molar-refractivity contribution in [2.75, 3.05) is 0 Å². The lowest BCUT2D eigenvalue weighted by molar-refractivity contribution is -0.148. The Morgan fingerprint density at radius 3 is 2.19 bits per heavy atom. The second-order valence-electron chi connectivity index (χ2n) is 7.11. The van der Waals surface area contributed by atoms with Gasteiger partial charge in [-0.2, -0.15) is 0 Å². The molecule has 3 heteroatoms. The summed E-state index contributed by atoms with van der Waals surface area (Å²) in [5.41, 5.74) is 1.35. The fraction of sp³-hybridized carbons (Fsp3) is 0.652. The SMILES string of the molecule is [CH2]C(OC(C)=O)C(CCCC)Oc1ccc(CCCCCCCC)cc1.